The first-order chi connectivity index (χ1) is 17.0. The van der Waals surface area contributed by atoms with Gasteiger partial charge in [0, 0.05) is 12.2 Å². The van der Waals surface area contributed by atoms with Crippen molar-refractivity contribution >= 4 is 23.2 Å². The van der Waals surface area contributed by atoms with Crippen LogP contribution in [0.1, 0.15) is 22.8 Å². The topological polar surface area (TPSA) is 89.1 Å². The van der Waals surface area contributed by atoms with Gasteiger partial charge in [-0.1, -0.05) is 18.2 Å². The Morgan fingerprint density at radius 3 is 2.46 bits per heavy atom. The summed E-state index contributed by atoms with van der Waals surface area (Å²) in [5.41, 5.74) is 2.48. The van der Waals surface area contributed by atoms with E-state index in [1.54, 1.807) is 48.5 Å². The Labute approximate surface area is 204 Å². The predicted molar refractivity (Wildman–Crippen MR) is 134 cm³/mol. The van der Waals surface area contributed by atoms with Crippen LogP contribution in [0.15, 0.2) is 66.7 Å². The molecule has 0 saturated carbocycles. The van der Waals surface area contributed by atoms with Crippen LogP contribution in [0.25, 0.3) is 0 Å². The summed E-state index contributed by atoms with van der Waals surface area (Å²) in [5, 5.41) is 5.72. The van der Waals surface area contributed by atoms with Crippen LogP contribution in [0.5, 0.6) is 17.2 Å². The summed E-state index contributed by atoms with van der Waals surface area (Å²) in [4.78, 5) is 27.5. The van der Waals surface area contributed by atoms with Crippen molar-refractivity contribution in [2.24, 2.45) is 0 Å². The Morgan fingerprint density at radius 1 is 0.943 bits per heavy atom. The SMILES string of the molecule is CCOc1ccc(NC(=O)c2ccccc2NC(=O)CN(C)Cc2ccc3c(c2)OCCO3)cc1. The Bertz CT molecular complexity index is 1180. The minimum absolute atomic E-state index is 0.156. The molecule has 3 aromatic carbocycles. The summed E-state index contributed by atoms with van der Waals surface area (Å²) in [7, 11) is 1.86. The zero-order valence-corrected chi connectivity index (χ0v) is 19.9. The van der Waals surface area contributed by atoms with Crippen LogP contribution < -0.4 is 24.8 Å². The van der Waals surface area contributed by atoms with Gasteiger partial charge in [0.2, 0.25) is 5.91 Å². The van der Waals surface area contributed by atoms with Gasteiger partial charge in [0.1, 0.15) is 19.0 Å². The number of amides is 2. The number of hydrogen-bond acceptors (Lipinski definition) is 6. The van der Waals surface area contributed by atoms with Crippen molar-refractivity contribution in [1.29, 1.82) is 0 Å². The molecule has 0 bridgehead atoms. The van der Waals surface area contributed by atoms with Gasteiger partial charge in [-0.25, -0.2) is 0 Å². The van der Waals surface area contributed by atoms with Crippen LogP contribution in [0.4, 0.5) is 11.4 Å². The summed E-state index contributed by atoms with van der Waals surface area (Å²) in [6.07, 6.45) is 0. The maximum atomic E-state index is 12.9. The minimum Gasteiger partial charge on any atom is -0.494 e. The summed E-state index contributed by atoms with van der Waals surface area (Å²) in [5.74, 6) is 1.67. The molecule has 0 atom stereocenters. The summed E-state index contributed by atoms with van der Waals surface area (Å²) in [6.45, 7) is 4.28. The molecule has 0 saturated heterocycles. The molecule has 1 aliphatic rings. The maximum Gasteiger partial charge on any atom is 0.257 e. The van der Waals surface area contributed by atoms with Crippen molar-refractivity contribution in [3.8, 4) is 17.2 Å². The van der Waals surface area contributed by atoms with Crippen LogP contribution >= 0.6 is 0 Å². The first kappa shape index (κ1) is 24.1. The lowest BCUT2D eigenvalue weighted by Gasteiger charge is -2.21. The zero-order chi connectivity index (χ0) is 24.6. The number of anilines is 2. The van der Waals surface area contributed by atoms with Crippen LogP contribution in [0.3, 0.4) is 0 Å². The first-order valence-electron chi connectivity index (χ1n) is 11.5. The fourth-order valence-electron chi connectivity index (χ4n) is 3.78. The molecule has 0 aromatic heterocycles. The largest absolute Gasteiger partial charge is 0.494 e. The van der Waals surface area contributed by atoms with Crippen molar-refractivity contribution in [2.45, 2.75) is 13.5 Å². The molecule has 0 unspecified atom stereocenters. The number of rotatable bonds is 9. The Kier molecular flexibility index (Phi) is 7.84. The van der Waals surface area contributed by atoms with E-state index in [1.165, 1.54) is 0 Å². The number of nitrogens with one attached hydrogen (secondary N) is 2. The molecule has 3 aromatic rings. The smallest absolute Gasteiger partial charge is 0.257 e. The van der Waals surface area contributed by atoms with E-state index in [0.717, 1.165) is 22.8 Å². The standard InChI is InChI=1S/C27H29N3O5/c1-3-33-21-11-9-20(10-12-21)28-27(32)22-6-4-5-7-23(22)29-26(31)18-30(2)17-19-8-13-24-25(16-19)35-15-14-34-24/h4-13,16H,3,14-15,17-18H2,1-2H3,(H,28,32)(H,29,31). The normalized spacial score (nSPS) is 12.2. The quantitative estimate of drug-likeness (QED) is 0.483. The van der Waals surface area contributed by atoms with Gasteiger partial charge < -0.3 is 24.8 Å². The molecule has 8 nitrogen and oxygen atoms in total. The van der Waals surface area contributed by atoms with Crippen molar-refractivity contribution < 1.29 is 23.8 Å². The van der Waals surface area contributed by atoms with Gasteiger partial charge in [0.25, 0.3) is 5.91 Å². The van der Waals surface area contributed by atoms with Crippen molar-refractivity contribution in [1.82, 2.24) is 4.90 Å². The van der Waals surface area contributed by atoms with Gasteiger partial charge in [-0.15, -0.1) is 0 Å². The van der Waals surface area contributed by atoms with Crippen LogP contribution in [-0.4, -0.2) is 50.1 Å². The average Bonchev–Trinajstić information content (AvgIpc) is 2.85. The van der Waals surface area contributed by atoms with E-state index in [-0.39, 0.29) is 18.4 Å². The average molecular weight is 476 g/mol. The number of ether oxygens (including phenoxy) is 3. The van der Waals surface area contributed by atoms with E-state index >= 15 is 0 Å². The van der Waals surface area contributed by atoms with Gasteiger partial charge >= 0.3 is 0 Å². The molecule has 2 amide bonds. The fourth-order valence-corrected chi connectivity index (χ4v) is 3.78. The van der Waals surface area contributed by atoms with Gasteiger partial charge in [0.05, 0.1) is 24.4 Å². The van der Waals surface area contributed by atoms with E-state index < -0.39 is 0 Å². The minimum atomic E-state index is -0.310. The van der Waals surface area contributed by atoms with E-state index in [1.807, 2.05) is 37.1 Å². The Balaban J connectivity index is 1.35. The molecule has 0 radical (unpaired) electrons. The molecule has 0 spiro atoms. The van der Waals surface area contributed by atoms with Gasteiger partial charge in [-0.05, 0) is 68.1 Å². The second-order valence-corrected chi connectivity index (χ2v) is 8.16. The number of fused-ring (bicyclic) bond motifs is 1. The predicted octanol–water partition coefficient (Wildman–Crippen LogP) is 4.18. The second-order valence-electron chi connectivity index (χ2n) is 8.16. The highest BCUT2D eigenvalue weighted by molar-refractivity contribution is 6.10. The molecule has 35 heavy (non-hydrogen) atoms. The number of nitrogens with zero attached hydrogens (tertiary/aromatic N) is 1. The van der Waals surface area contributed by atoms with Gasteiger partial charge in [-0.3, -0.25) is 14.5 Å². The lowest BCUT2D eigenvalue weighted by Crippen LogP contribution is -2.30. The summed E-state index contributed by atoms with van der Waals surface area (Å²) < 4.78 is 16.6. The van der Waals surface area contributed by atoms with Gasteiger partial charge in [-0.2, -0.15) is 0 Å². The van der Waals surface area contributed by atoms with Crippen LogP contribution in [0, 0.1) is 0 Å². The number of carbonyl (C=O) groups excluding carboxylic acids is 2. The van der Waals surface area contributed by atoms with E-state index in [4.69, 9.17) is 14.2 Å². The van der Waals surface area contributed by atoms with E-state index in [9.17, 15) is 9.59 Å². The lowest BCUT2D eigenvalue weighted by atomic mass is 10.1. The monoisotopic (exact) mass is 475 g/mol. The zero-order valence-electron chi connectivity index (χ0n) is 19.9. The number of para-hydroxylation sites is 1. The maximum absolute atomic E-state index is 12.9. The number of carbonyl (C=O) groups is 2. The van der Waals surface area contributed by atoms with Crippen molar-refractivity contribution in [3.05, 3.63) is 77.9 Å². The highest BCUT2D eigenvalue weighted by atomic mass is 16.6. The third-order valence-electron chi connectivity index (χ3n) is 5.34. The van der Waals surface area contributed by atoms with Gasteiger partial charge in [0.15, 0.2) is 11.5 Å². The van der Waals surface area contributed by atoms with Crippen molar-refractivity contribution in [2.75, 3.05) is 44.0 Å². The molecule has 0 fully saturated rings. The molecular formula is C27H29N3O5. The highest BCUT2D eigenvalue weighted by Crippen LogP contribution is 2.31. The molecule has 182 valence electrons. The third kappa shape index (κ3) is 6.51. The summed E-state index contributed by atoms with van der Waals surface area (Å²) in [6, 6.07) is 19.9. The summed E-state index contributed by atoms with van der Waals surface area (Å²) >= 11 is 0. The van der Waals surface area contributed by atoms with Crippen molar-refractivity contribution in [3.63, 3.8) is 0 Å². The van der Waals surface area contributed by atoms with Crippen LogP contribution in [0.2, 0.25) is 0 Å². The molecule has 0 aliphatic carbocycles. The Morgan fingerprint density at radius 2 is 1.69 bits per heavy atom. The lowest BCUT2D eigenvalue weighted by molar-refractivity contribution is -0.117. The fraction of sp³-hybridized carbons (Fsp3) is 0.259. The van der Waals surface area contributed by atoms with E-state index in [2.05, 4.69) is 10.6 Å². The number of likely N-dealkylation sites (N-methyl/N-ethyl adjacent to an activating group) is 1. The highest BCUT2D eigenvalue weighted by Gasteiger charge is 2.16. The molecule has 1 aliphatic heterocycles. The molecule has 4 rings (SSSR count). The number of hydrogen-bond donors (Lipinski definition) is 2. The molecule has 8 heteroatoms. The van der Waals surface area contributed by atoms with E-state index in [0.29, 0.717) is 43.3 Å². The molecular weight excluding hydrogens is 446 g/mol. The molecule has 2 N–H and O–H groups in total. The van der Waals surface area contributed by atoms with Crippen LogP contribution in [-0.2, 0) is 11.3 Å². The third-order valence-corrected chi connectivity index (χ3v) is 5.34. The number of benzene rings is 3. The first-order valence-corrected chi connectivity index (χ1v) is 11.5. The Hall–Kier alpha value is -4.04. The second kappa shape index (κ2) is 11.4. The molecule has 1 heterocycles.